The minimum absolute atomic E-state index is 0.116. The number of anilines is 4. The van der Waals surface area contributed by atoms with Gasteiger partial charge in [0.25, 0.3) is 5.91 Å². The van der Waals surface area contributed by atoms with Crippen LogP contribution in [0.25, 0.3) is 5.82 Å². The number of hydrogen-bond donors (Lipinski definition) is 3. The van der Waals surface area contributed by atoms with Crippen molar-refractivity contribution in [2.45, 2.75) is 33.1 Å². The van der Waals surface area contributed by atoms with Gasteiger partial charge in [-0.25, -0.2) is 20.0 Å². The number of nitrogens with one attached hydrogen (secondary N) is 3. The molecule has 1 aliphatic heterocycles. The molecule has 5 rings (SSSR count). The monoisotopic (exact) mass is 543 g/mol. The molecule has 0 radical (unpaired) electrons. The van der Waals surface area contributed by atoms with Crippen molar-refractivity contribution in [1.29, 1.82) is 0 Å². The zero-order valence-corrected chi connectivity index (χ0v) is 23.9. The van der Waals surface area contributed by atoms with Gasteiger partial charge in [0, 0.05) is 74.4 Å². The van der Waals surface area contributed by atoms with Crippen molar-refractivity contribution in [3.05, 3.63) is 65.9 Å². The maximum absolute atomic E-state index is 13.2. The van der Waals surface area contributed by atoms with Gasteiger partial charge in [-0.15, -0.1) is 0 Å². The Balaban J connectivity index is 1.32. The summed E-state index contributed by atoms with van der Waals surface area (Å²) in [5, 5.41) is 13.1. The molecule has 0 saturated carbocycles. The van der Waals surface area contributed by atoms with Crippen LogP contribution >= 0.6 is 0 Å². The molecule has 1 saturated heterocycles. The lowest BCUT2D eigenvalue weighted by molar-refractivity contribution is 0.102. The first-order valence-electron chi connectivity index (χ1n) is 13.4. The van der Waals surface area contributed by atoms with Crippen LogP contribution in [0.1, 0.15) is 42.4 Å². The van der Waals surface area contributed by atoms with Gasteiger partial charge >= 0.3 is 0 Å². The highest BCUT2D eigenvalue weighted by molar-refractivity contribution is 6.04. The molecule has 0 unspecified atom stereocenters. The topological polar surface area (TPSA) is 121 Å². The third kappa shape index (κ3) is 6.13. The van der Waals surface area contributed by atoms with Gasteiger partial charge in [0.2, 0.25) is 5.95 Å². The van der Waals surface area contributed by atoms with Crippen LogP contribution in [0.3, 0.4) is 0 Å². The van der Waals surface area contributed by atoms with Crippen molar-refractivity contribution in [2.24, 2.45) is 7.05 Å². The van der Waals surface area contributed by atoms with E-state index in [2.05, 4.69) is 73.8 Å². The van der Waals surface area contributed by atoms with E-state index < -0.39 is 0 Å². The van der Waals surface area contributed by atoms with Crippen LogP contribution in [-0.4, -0.2) is 78.3 Å². The van der Waals surface area contributed by atoms with Crippen LogP contribution in [0.5, 0.6) is 0 Å². The second kappa shape index (κ2) is 11.1. The van der Waals surface area contributed by atoms with Gasteiger partial charge in [-0.2, -0.15) is 5.10 Å². The van der Waals surface area contributed by atoms with E-state index in [0.29, 0.717) is 29.0 Å². The SMILES string of the molecule is Cc1ccc(C(=O)Nc2cc(C(C)(C)C)nn2C)cc1Nc1nccn1-c1cc(NN2CCN(C)CC2)ncn1. The number of carbonyl (C=O) groups is 1. The van der Waals surface area contributed by atoms with E-state index in [4.69, 9.17) is 0 Å². The molecule has 1 aliphatic rings. The molecule has 210 valence electrons. The van der Waals surface area contributed by atoms with Crippen molar-refractivity contribution in [3.8, 4) is 5.82 Å². The number of imidazole rings is 1. The Kier molecular flexibility index (Phi) is 7.55. The Bertz CT molecular complexity index is 1490. The predicted molar refractivity (Wildman–Crippen MR) is 156 cm³/mol. The number of aryl methyl sites for hydroxylation is 2. The van der Waals surface area contributed by atoms with Gasteiger partial charge in [-0.05, 0) is 31.7 Å². The lowest BCUT2D eigenvalue weighted by atomic mass is 9.92. The fourth-order valence-electron chi connectivity index (χ4n) is 4.36. The van der Waals surface area contributed by atoms with E-state index in [0.717, 1.165) is 43.1 Å². The average Bonchev–Trinajstić information content (AvgIpc) is 3.53. The molecule has 0 spiro atoms. The summed E-state index contributed by atoms with van der Waals surface area (Å²) in [6.07, 6.45) is 5.09. The quantitative estimate of drug-likeness (QED) is 0.321. The number of nitrogens with zero attached hydrogens (tertiary/aromatic N) is 8. The minimum Gasteiger partial charge on any atom is -0.325 e. The van der Waals surface area contributed by atoms with Crippen molar-refractivity contribution in [3.63, 3.8) is 0 Å². The van der Waals surface area contributed by atoms with Gasteiger partial charge < -0.3 is 21.0 Å². The Morgan fingerprint density at radius 3 is 2.48 bits per heavy atom. The summed E-state index contributed by atoms with van der Waals surface area (Å²) >= 11 is 0. The van der Waals surface area contributed by atoms with E-state index in [1.807, 2.05) is 55.1 Å². The van der Waals surface area contributed by atoms with Gasteiger partial charge in [-0.1, -0.05) is 26.8 Å². The maximum Gasteiger partial charge on any atom is 0.256 e. The number of likely N-dealkylation sites (N-methyl/N-ethyl adjacent to an activating group) is 1. The van der Waals surface area contributed by atoms with Crippen LogP contribution in [0, 0.1) is 6.92 Å². The molecule has 1 amide bonds. The molecular weight excluding hydrogens is 506 g/mol. The second-order valence-corrected chi connectivity index (χ2v) is 11.2. The average molecular weight is 544 g/mol. The molecule has 12 nitrogen and oxygen atoms in total. The molecule has 12 heteroatoms. The van der Waals surface area contributed by atoms with Crippen molar-refractivity contribution < 1.29 is 4.79 Å². The van der Waals surface area contributed by atoms with Gasteiger partial charge in [0.15, 0.2) is 0 Å². The number of aromatic nitrogens is 6. The molecule has 0 bridgehead atoms. The van der Waals surface area contributed by atoms with E-state index in [-0.39, 0.29) is 11.3 Å². The van der Waals surface area contributed by atoms with E-state index >= 15 is 0 Å². The Morgan fingerprint density at radius 1 is 0.975 bits per heavy atom. The number of benzene rings is 1. The largest absolute Gasteiger partial charge is 0.325 e. The number of rotatable bonds is 7. The third-order valence-electron chi connectivity index (χ3n) is 6.95. The summed E-state index contributed by atoms with van der Waals surface area (Å²) in [6, 6.07) is 9.35. The highest BCUT2D eigenvalue weighted by Gasteiger charge is 2.20. The van der Waals surface area contributed by atoms with Crippen LogP contribution < -0.4 is 16.1 Å². The summed E-state index contributed by atoms with van der Waals surface area (Å²) in [6.45, 7) is 12.1. The standard InChI is InChI=1S/C28H37N11O/c1-19-7-8-20(26(40)33-25-16-22(28(2,3)4)34-37(25)6)15-21(19)32-27-29-9-10-39(27)24-17-23(30-18-31-24)35-38-13-11-36(5)12-14-38/h7-10,15-18H,11-14H2,1-6H3,(H,29,32)(H,33,40)(H,30,31,35). The van der Waals surface area contributed by atoms with E-state index in [1.165, 1.54) is 6.33 Å². The molecular formula is C28H37N11O. The molecule has 1 fully saturated rings. The summed E-state index contributed by atoms with van der Waals surface area (Å²) < 4.78 is 3.55. The zero-order chi connectivity index (χ0) is 28.4. The Labute approximate surface area is 234 Å². The molecule has 40 heavy (non-hydrogen) atoms. The highest BCUT2D eigenvalue weighted by Crippen LogP contribution is 2.26. The molecule has 0 aliphatic carbocycles. The minimum atomic E-state index is -0.217. The fraction of sp³-hybridized carbons (Fsp3) is 0.393. The lowest BCUT2D eigenvalue weighted by Gasteiger charge is -2.32. The summed E-state index contributed by atoms with van der Waals surface area (Å²) in [5.74, 6) is 2.39. The van der Waals surface area contributed by atoms with Crippen LogP contribution in [0.4, 0.5) is 23.3 Å². The van der Waals surface area contributed by atoms with Crippen molar-refractivity contribution in [1.82, 2.24) is 39.2 Å². The van der Waals surface area contributed by atoms with Gasteiger partial charge in [-0.3, -0.25) is 14.0 Å². The first-order chi connectivity index (χ1) is 19.1. The number of piperazine rings is 1. The van der Waals surface area contributed by atoms with E-state index in [1.54, 1.807) is 10.9 Å². The number of hydrogen-bond acceptors (Lipinski definition) is 9. The van der Waals surface area contributed by atoms with Gasteiger partial charge in [0.05, 0.1) is 5.69 Å². The first kappa shape index (κ1) is 27.3. The van der Waals surface area contributed by atoms with Gasteiger partial charge in [0.1, 0.15) is 23.8 Å². The molecule has 4 aromatic rings. The smallest absolute Gasteiger partial charge is 0.256 e. The van der Waals surface area contributed by atoms with Crippen LogP contribution in [-0.2, 0) is 12.5 Å². The molecule has 1 aromatic carbocycles. The fourth-order valence-corrected chi connectivity index (χ4v) is 4.36. The predicted octanol–water partition coefficient (Wildman–Crippen LogP) is 3.57. The summed E-state index contributed by atoms with van der Waals surface area (Å²) in [4.78, 5) is 28.8. The number of amides is 1. The van der Waals surface area contributed by atoms with Crippen molar-refractivity contribution >= 4 is 29.2 Å². The number of hydrazine groups is 1. The van der Waals surface area contributed by atoms with E-state index in [9.17, 15) is 4.79 Å². The first-order valence-corrected chi connectivity index (χ1v) is 13.4. The second-order valence-electron chi connectivity index (χ2n) is 11.2. The highest BCUT2D eigenvalue weighted by atomic mass is 16.1. The summed E-state index contributed by atoms with van der Waals surface area (Å²) in [7, 11) is 3.95. The van der Waals surface area contributed by atoms with Crippen molar-refractivity contribution in [2.75, 3.05) is 49.3 Å². The third-order valence-corrected chi connectivity index (χ3v) is 6.95. The normalized spacial score (nSPS) is 14.8. The molecule has 3 N–H and O–H groups in total. The number of carbonyl (C=O) groups excluding carboxylic acids is 1. The maximum atomic E-state index is 13.2. The summed E-state index contributed by atoms with van der Waals surface area (Å²) in [5.41, 5.74) is 6.44. The van der Waals surface area contributed by atoms with Crippen LogP contribution in [0.2, 0.25) is 0 Å². The molecule has 0 atom stereocenters. The Morgan fingerprint density at radius 2 is 1.75 bits per heavy atom. The van der Waals surface area contributed by atoms with Crippen LogP contribution in [0.15, 0.2) is 49.1 Å². The zero-order valence-electron chi connectivity index (χ0n) is 23.9. The molecule has 4 heterocycles. The molecule has 3 aromatic heterocycles. The lowest BCUT2D eigenvalue weighted by Crippen LogP contribution is -2.47. The Hall–Kier alpha value is -4.29.